The minimum Gasteiger partial charge on any atom is -0.496 e. The van der Waals surface area contributed by atoms with E-state index in [1.165, 1.54) is 18.4 Å². The Kier molecular flexibility index (Phi) is 6.87. The van der Waals surface area contributed by atoms with Crippen LogP contribution in [-0.4, -0.2) is 66.0 Å². The molecule has 0 radical (unpaired) electrons. The molecule has 1 fully saturated rings. The molecule has 0 aliphatic carbocycles. The Morgan fingerprint density at radius 3 is 3.04 bits per heavy atom. The van der Waals surface area contributed by atoms with Crippen LogP contribution in [0.1, 0.15) is 24.1 Å². The third kappa shape index (κ3) is 5.57. The van der Waals surface area contributed by atoms with E-state index in [1.54, 1.807) is 19.6 Å². The molecule has 1 aliphatic heterocycles. The molecule has 6 heteroatoms. The number of benzene rings is 1. The molecular formula is C21H30N4O2. The van der Waals surface area contributed by atoms with Crippen molar-refractivity contribution in [2.24, 2.45) is 5.92 Å². The number of ether oxygens (including phenoxy) is 1. The number of nitrogens with one attached hydrogen (secondary N) is 1. The summed E-state index contributed by atoms with van der Waals surface area (Å²) in [5.41, 5.74) is 2.13. The van der Waals surface area contributed by atoms with Gasteiger partial charge in [-0.25, -0.2) is 4.98 Å². The smallest absolute Gasteiger partial charge is 0.228 e. The summed E-state index contributed by atoms with van der Waals surface area (Å²) in [6.07, 6.45) is 7.09. The summed E-state index contributed by atoms with van der Waals surface area (Å²) in [6, 6.07) is 8.24. The highest BCUT2D eigenvalue weighted by molar-refractivity contribution is 5.77. The summed E-state index contributed by atoms with van der Waals surface area (Å²) in [6.45, 7) is 4.04. The summed E-state index contributed by atoms with van der Waals surface area (Å²) in [4.78, 5) is 23.8. The van der Waals surface area contributed by atoms with E-state index in [0.29, 0.717) is 12.3 Å². The van der Waals surface area contributed by atoms with Crippen molar-refractivity contribution in [3.63, 3.8) is 0 Å². The van der Waals surface area contributed by atoms with E-state index < -0.39 is 0 Å². The van der Waals surface area contributed by atoms with Crippen LogP contribution in [0.4, 0.5) is 0 Å². The predicted octanol–water partition coefficient (Wildman–Crippen LogP) is 2.37. The molecular weight excluding hydrogens is 340 g/mol. The summed E-state index contributed by atoms with van der Waals surface area (Å²) < 4.78 is 5.46. The maximum atomic E-state index is 12.4. The molecule has 1 amide bonds. The Hall–Kier alpha value is -2.34. The molecule has 1 unspecified atom stereocenters. The van der Waals surface area contributed by atoms with E-state index in [4.69, 9.17) is 4.74 Å². The number of methoxy groups -OCH3 is 1. The molecule has 27 heavy (non-hydrogen) atoms. The lowest BCUT2D eigenvalue weighted by atomic mass is 9.97. The van der Waals surface area contributed by atoms with Crippen LogP contribution >= 0.6 is 0 Å². The van der Waals surface area contributed by atoms with Crippen molar-refractivity contribution < 1.29 is 9.53 Å². The first kappa shape index (κ1) is 19.4. The first-order valence-electron chi connectivity index (χ1n) is 9.71. The number of hydrogen-bond donors (Lipinski definition) is 1. The maximum Gasteiger partial charge on any atom is 0.228 e. The number of aromatic amines is 1. The lowest BCUT2D eigenvalue weighted by Crippen LogP contribution is -2.42. The van der Waals surface area contributed by atoms with Gasteiger partial charge in [-0.1, -0.05) is 18.2 Å². The number of amides is 1. The molecule has 146 valence electrons. The van der Waals surface area contributed by atoms with E-state index in [2.05, 4.69) is 27.0 Å². The van der Waals surface area contributed by atoms with Crippen molar-refractivity contribution in [3.05, 3.63) is 48.0 Å². The molecule has 3 rings (SSSR count). The molecule has 1 atom stereocenters. The Morgan fingerprint density at radius 2 is 2.26 bits per heavy atom. The Bertz CT molecular complexity index is 717. The van der Waals surface area contributed by atoms with Gasteiger partial charge in [0, 0.05) is 38.6 Å². The lowest BCUT2D eigenvalue weighted by molar-refractivity contribution is -0.130. The molecule has 2 heterocycles. The summed E-state index contributed by atoms with van der Waals surface area (Å²) in [7, 11) is 3.64. The highest BCUT2D eigenvalue weighted by Gasteiger charge is 2.23. The number of rotatable bonds is 8. The van der Waals surface area contributed by atoms with Crippen molar-refractivity contribution in [3.8, 4) is 5.75 Å². The summed E-state index contributed by atoms with van der Waals surface area (Å²) in [5.74, 6) is 1.65. The maximum absolute atomic E-state index is 12.4. The van der Waals surface area contributed by atoms with Gasteiger partial charge in [0.1, 0.15) is 5.75 Å². The molecule has 1 aromatic carbocycles. The molecule has 0 spiro atoms. The number of carbonyl (C=O) groups excluding carboxylic acids is 1. The lowest BCUT2D eigenvalue weighted by Gasteiger charge is -2.34. The number of H-pyrrole nitrogens is 1. The number of likely N-dealkylation sites (tertiary alicyclic amines) is 1. The first-order valence-corrected chi connectivity index (χ1v) is 9.71. The van der Waals surface area contributed by atoms with Gasteiger partial charge in [0.15, 0.2) is 0 Å². The van der Waals surface area contributed by atoms with E-state index in [-0.39, 0.29) is 5.91 Å². The quantitative estimate of drug-likeness (QED) is 0.775. The molecule has 1 aliphatic rings. The third-order valence-corrected chi connectivity index (χ3v) is 5.35. The van der Waals surface area contributed by atoms with Gasteiger partial charge in [-0.15, -0.1) is 0 Å². The van der Waals surface area contributed by atoms with E-state index in [1.807, 2.05) is 24.1 Å². The average molecular weight is 370 g/mol. The van der Waals surface area contributed by atoms with Crippen LogP contribution < -0.4 is 4.74 Å². The number of hydrogen-bond acceptors (Lipinski definition) is 4. The van der Waals surface area contributed by atoms with Crippen LogP contribution in [0.25, 0.3) is 0 Å². The van der Waals surface area contributed by atoms with Crippen LogP contribution in [0.5, 0.6) is 5.75 Å². The molecule has 6 nitrogen and oxygen atoms in total. The van der Waals surface area contributed by atoms with Crippen LogP contribution in [-0.2, 0) is 17.6 Å². The number of nitrogens with zero attached hydrogens (tertiary/aromatic N) is 3. The molecule has 0 bridgehead atoms. The average Bonchev–Trinajstić information content (AvgIpc) is 3.20. The molecule has 0 saturated carbocycles. The Morgan fingerprint density at radius 1 is 1.41 bits per heavy atom. The number of para-hydroxylation sites is 1. The Labute approximate surface area is 161 Å². The molecule has 1 aromatic heterocycles. The van der Waals surface area contributed by atoms with Crippen LogP contribution in [0.3, 0.4) is 0 Å². The molecule has 1 N–H and O–H groups in total. The number of aromatic nitrogens is 2. The van der Waals surface area contributed by atoms with Gasteiger partial charge in [-0.05, 0) is 43.4 Å². The monoisotopic (exact) mass is 370 g/mol. The van der Waals surface area contributed by atoms with Crippen molar-refractivity contribution >= 4 is 5.91 Å². The van der Waals surface area contributed by atoms with Crippen LogP contribution in [0, 0.1) is 5.92 Å². The number of likely N-dealkylation sites (N-methyl/N-ethyl adjacent to an activating group) is 1. The third-order valence-electron chi connectivity index (χ3n) is 5.35. The fourth-order valence-electron chi connectivity index (χ4n) is 3.86. The molecule has 1 saturated heterocycles. The normalized spacial score (nSPS) is 17.6. The van der Waals surface area contributed by atoms with Gasteiger partial charge >= 0.3 is 0 Å². The van der Waals surface area contributed by atoms with Gasteiger partial charge in [0.2, 0.25) is 5.91 Å². The second-order valence-corrected chi connectivity index (χ2v) is 7.40. The fourth-order valence-corrected chi connectivity index (χ4v) is 3.86. The van der Waals surface area contributed by atoms with E-state index in [9.17, 15) is 4.79 Å². The van der Waals surface area contributed by atoms with Crippen molar-refractivity contribution in [1.82, 2.24) is 19.8 Å². The van der Waals surface area contributed by atoms with Gasteiger partial charge < -0.3 is 19.5 Å². The summed E-state index contributed by atoms with van der Waals surface area (Å²) in [5, 5.41) is 0. The minimum absolute atomic E-state index is 0.144. The van der Waals surface area contributed by atoms with Crippen LogP contribution in [0.15, 0.2) is 36.8 Å². The van der Waals surface area contributed by atoms with Gasteiger partial charge in [0.05, 0.1) is 19.9 Å². The van der Waals surface area contributed by atoms with Crippen molar-refractivity contribution in [2.75, 3.05) is 40.3 Å². The number of carbonyl (C=O) groups is 1. The standard InChI is InChI=1S/C21H30N4O2/c1-24(21(26)12-19-13-22-16-23-19)14-17-6-5-10-25(15-17)11-9-18-7-3-4-8-20(18)27-2/h3-4,7-8,13,16-17H,5-6,9-12,14-15H2,1-2H3,(H,22,23). The number of piperidine rings is 1. The minimum atomic E-state index is 0.144. The topological polar surface area (TPSA) is 61.5 Å². The highest BCUT2D eigenvalue weighted by atomic mass is 16.5. The van der Waals surface area contributed by atoms with Gasteiger partial charge in [0.25, 0.3) is 0 Å². The second kappa shape index (κ2) is 9.55. The van der Waals surface area contributed by atoms with Gasteiger partial charge in [-0.3, -0.25) is 4.79 Å². The van der Waals surface area contributed by atoms with Crippen LogP contribution in [0.2, 0.25) is 0 Å². The fraction of sp³-hybridized carbons (Fsp3) is 0.524. The highest BCUT2D eigenvalue weighted by Crippen LogP contribution is 2.21. The zero-order valence-electron chi connectivity index (χ0n) is 16.4. The summed E-state index contributed by atoms with van der Waals surface area (Å²) >= 11 is 0. The SMILES string of the molecule is COc1ccccc1CCN1CCCC(CN(C)C(=O)Cc2cnc[nH]2)C1. The number of imidazole rings is 1. The van der Waals surface area contributed by atoms with E-state index in [0.717, 1.165) is 44.0 Å². The first-order chi connectivity index (χ1) is 13.2. The predicted molar refractivity (Wildman–Crippen MR) is 106 cm³/mol. The van der Waals surface area contributed by atoms with E-state index >= 15 is 0 Å². The van der Waals surface area contributed by atoms with Crippen molar-refractivity contribution in [1.29, 1.82) is 0 Å². The second-order valence-electron chi connectivity index (χ2n) is 7.40. The van der Waals surface area contributed by atoms with Gasteiger partial charge in [-0.2, -0.15) is 0 Å². The molecule has 2 aromatic rings. The largest absolute Gasteiger partial charge is 0.496 e. The van der Waals surface area contributed by atoms with Crippen molar-refractivity contribution in [2.45, 2.75) is 25.7 Å². The zero-order chi connectivity index (χ0) is 19.1. The Balaban J connectivity index is 1.46. The zero-order valence-corrected chi connectivity index (χ0v) is 16.4.